The van der Waals surface area contributed by atoms with Gasteiger partial charge in [0.25, 0.3) is 0 Å². The van der Waals surface area contributed by atoms with E-state index in [1.165, 1.54) is 0 Å². The SMILES string of the molecule is N[C@@]1(C(=O)O)C[C@H]2CC[C@H](F)[C@H]2[C@@H]1CCCB(O)O. The Morgan fingerprint density at radius 2 is 2.11 bits per heavy atom. The van der Waals surface area contributed by atoms with Crippen molar-refractivity contribution in [2.45, 2.75) is 50.1 Å². The van der Waals surface area contributed by atoms with Crippen LogP contribution in [0.5, 0.6) is 0 Å². The van der Waals surface area contributed by atoms with E-state index >= 15 is 0 Å². The number of carbonyl (C=O) groups is 1. The number of fused-ring (bicyclic) bond motifs is 1. The summed E-state index contributed by atoms with van der Waals surface area (Å²) < 4.78 is 14.0. The molecule has 108 valence electrons. The third-order valence-electron chi connectivity index (χ3n) is 4.88. The molecule has 0 radical (unpaired) electrons. The Balaban J connectivity index is 2.10. The molecule has 2 aliphatic rings. The van der Waals surface area contributed by atoms with E-state index < -0.39 is 30.7 Å². The number of hydrogen-bond donors (Lipinski definition) is 4. The number of hydrogen-bond acceptors (Lipinski definition) is 4. The van der Waals surface area contributed by atoms with Crippen molar-refractivity contribution in [2.75, 3.05) is 0 Å². The van der Waals surface area contributed by atoms with Gasteiger partial charge in [0.05, 0.1) is 0 Å². The van der Waals surface area contributed by atoms with E-state index in [2.05, 4.69) is 0 Å². The summed E-state index contributed by atoms with van der Waals surface area (Å²) in [7, 11) is -1.40. The van der Waals surface area contributed by atoms with Crippen LogP contribution in [-0.2, 0) is 4.79 Å². The van der Waals surface area contributed by atoms with Crippen LogP contribution in [0.3, 0.4) is 0 Å². The monoisotopic (exact) mass is 273 g/mol. The first kappa shape index (κ1) is 14.7. The molecule has 5 nitrogen and oxygen atoms in total. The molecular formula is C12H21BFNO4. The first-order valence-corrected chi connectivity index (χ1v) is 6.88. The highest BCUT2D eigenvalue weighted by Gasteiger charge is 2.59. The second kappa shape index (κ2) is 5.38. The second-order valence-electron chi connectivity index (χ2n) is 6.00. The minimum absolute atomic E-state index is 0.0557. The third kappa shape index (κ3) is 2.64. The lowest BCUT2D eigenvalue weighted by molar-refractivity contribution is -0.145. The van der Waals surface area contributed by atoms with Crippen molar-refractivity contribution in [3.8, 4) is 0 Å². The number of alkyl halides is 1. The number of carboxylic acids is 1. The molecule has 7 heteroatoms. The van der Waals surface area contributed by atoms with Gasteiger partial charge in [-0.1, -0.05) is 6.42 Å². The average Bonchev–Trinajstić information content (AvgIpc) is 2.79. The van der Waals surface area contributed by atoms with Crippen LogP contribution in [0.2, 0.25) is 6.32 Å². The first-order valence-electron chi connectivity index (χ1n) is 6.88. The van der Waals surface area contributed by atoms with Crippen LogP contribution >= 0.6 is 0 Å². The van der Waals surface area contributed by atoms with Gasteiger partial charge >= 0.3 is 13.1 Å². The van der Waals surface area contributed by atoms with Crippen LogP contribution in [0.1, 0.15) is 32.1 Å². The maximum absolute atomic E-state index is 14.0. The molecular weight excluding hydrogens is 252 g/mol. The summed E-state index contributed by atoms with van der Waals surface area (Å²) in [5.41, 5.74) is 4.66. The van der Waals surface area contributed by atoms with Crippen LogP contribution in [0.4, 0.5) is 4.39 Å². The van der Waals surface area contributed by atoms with Gasteiger partial charge in [-0.25, -0.2) is 4.39 Å². The Hall–Kier alpha value is -0.655. The Morgan fingerprint density at radius 3 is 2.68 bits per heavy atom. The summed E-state index contributed by atoms with van der Waals surface area (Å²) >= 11 is 0. The molecule has 0 bridgehead atoms. The predicted octanol–water partition coefficient (Wildman–Crippen LogP) is 0.406. The van der Waals surface area contributed by atoms with E-state index in [1.54, 1.807) is 0 Å². The first-order chi connectivity index (χ1) is 8.86. The predicted molar refractivity (Wildman–Crippen MR) is 68.0 cm³/mol. The van der Waals surface area contributed by atoms with E-state index in [0.717, 1.165) is 0 Å². The molecule has 0 aromatic rings. The molecule has 0 spiro atoms. The third-order valence-corrected chi connectivity index (χ3v) is 4.88. The Kier molecular flexibility index (Phi) is 4.18. The molecule has 0 unspecified atom stereocenters. The van der Waals surface area contributed by atoms with Gasteiger partial charge < -0.3 is 20.9 Å². The Labute approximate surface area is 112 Å². The van der Waals surface area contributed by atoms with E-state index in [9.17, 15) is 14.3 Å². The molecule has 2 fully saturated rings. The summed E-state index contributed by atoms with van der Waals surface area (Å²) in [6.07, 6.45) is 1.60. The number of rotatable bonds is 5. The molecule has 0 aromatic carbocycles. The zero-order chi connectivity index (χ0) is 14.2. The second-order valence-corrected chi connectivity index (χ2v) is 6.00. The van der Waals surface area contributed by atoms with Crippen molar-refractivity contribution in [1.82, 2.24) is 0 Å². The fourth-order valence-corrected chi connectivity index (χ4v) is 4.02. The van der Waals surface area contributed by atoms with Gasteiger partial charge in [-0.05, 0) is 49.8 Å². The van der Waals surface area contributed by atoms with Crippen molar-refractivity contribution in [3.05, 3.63) is 0 Å². The van der Waals surface area contributed by atoms with Crippen molar-refractivity contribution in [2.24, 2.45) is 23.5 Å². The normalized spacial score (nSPS) is 41.3. The highest BCUT2D eigenvalue weighted by molar-refractivity contribution is 6.40. The van der Waals surface area contributed by atoms with Crippen LogP contribution in [0.25, 0.3) is 0 Å². The standard InChI is InChI=1S/C12H21BFNO4/c14-9-4-3-7-6-12(15,11(16)17)8(10(7)9)2-1-5-13(18)19/h7-10,18-19H,1-6,15H2,(H,16,17)/t7-,8+,9+,10-,12+/m1/s1. The molecule has 2 aliphatic carbocycles. The topological polar surface area (TPSA) is 104 Å². The van der Waals surface area contributed by atoms with Gasteiger partial charge in [0.1, 0.15) is 11.7 Å². The number of aliphatic carboxylic acids is 1. The molecule has 5 N–H and O–H groups in total. The van der Waals surface area contributed by atoms with Crippen molar-refractivity contribution in [3.63, 3.8) is 0 Å². The van der Waals surface area contributed by atoms with Gasteiger partial charge in [0, 0.05) is 0 Å². The van der Waals surface area contributed by atoms with Gasteiger partial charge in [0.15, 0.2) is 0 Å². The number of halogens is 1. The van der Waals surface area contributed by atoms with E-state index in [-0.39, 0.29) is 18.2 Å². The van der Waals surface area contributed by atoms with Gasteiger partial charge in [-0.15, -0.1) is 0 Å². The maximum Gasteiger partial charge on any atom is 0.451 e. The molecule has 5 atom stereocenters. The lowest BCUT2D eigenvalue weighted by atomic mass is 9.75. The number of nitrogens with two attached hydrogens (primary N) is 1. The summed E-state index contributed by atoms with van der Waals surface area (Å²) in [6, 6.07) is 0. The lowest BCUT2D eigenvalue weighted by Gasteiger charge is -2.31. The van der Waals surface area contributed by atoms with Gasteiger partial charge in [0.2, 0.25) is 0 Å². The zero-order valence-electron chi connectivity index (χ0n) is 10.8. The summed E-state index contributed by atoms with van der Waals surface area (Å²) in [4.78, 5) is 11.4. The minimum atomic E-state index is -1.40. The fourth-order valence-electron chi connectivity index (χ4n) is 4.02. The van der Waals surface area contributed by atoms with E-state index in [1.807, 2.05) is 0 Å². The van der Waals surface area contributed by atoms with Gasteiger partial charge in [-0.2, -0.15) is 0 Å². The molecule has 0 amide bonds. The van der Waals surface area contributed by atoms with Gasteiger partial charge in [-0.3, -0.25) is 4.79 Å². The van der Waals surface area contributed by atoms with Crippen molar-refractivity contribution >= 4 is 13.1 Å². The molecule has 2 saturated carbocycles. The molecule has 0 aliphatic heterocycles. The van der Waals surface area contributed by atoms with Crippen LogP contribution in [0.15, 0.2) is 0 Å². The summed E-state index contributed by atoms with van der Waals surface area (Å²) in [5, 5.41) is 27.0. The smallest absolute Gasteiger partial charge is 0.451 e. The average molecular weight is 273 g/mol. The van der Waals surface area contributed by atoms with E-state index in [4.69, 9.17) is 15.8 Å². The van der Waals surface area contributed by atoms with Crippen molar-refractivity contribution < 1.29 is 24.3 Å². The summed E-state index contributed by atoms with van der Waals surface area (Å²) in [6.45, 7) is 0. The Morgan fingerprint density at radius 1 is 1.42 bits per heavy atom. The number of carboxylic acid groups (broad SMARTS) is 1. The zero-order valence-corrected chi connectivity index (χ0v) is 10.8. The van der Waals surface area contributed by atoms with Crippen LogP contribution in [-0.4, -0.2) is 40.0 Å². The molecule has 0 saturated heterocycles. The molecule has 0 heterocycles. The maximum atomic E-state index is 14.0. The molecule has 0 aromatic heterocycles. The molecule has 19 heavy (non-hydrogen) atoms. The minimum Gasteiger partial charge on any atom is -0.480 e. The van der Waals surface area contributed by atoms with Crippen molar-refractivity contribution in [1.29, 1.82) is 0 Å². The highest BCUT2D eigenvalue weighted by Crippen LogP contribution is 2.54. The van der Waals surface area contributed by atoms with Crippen LogP contribution < -0.4 is 5.73 Å². The quantitative estimate of drug-likeness (QED) is 0.543. The van der Waals surface area contributed by atoms with E-state index in [0.29, 0.717) is 32.1 Å². The Bertz CT molecular complexity index is 357. The largest absolute Gasteiger partial charge is 0.480 e. The fraction of sp³-hybridized carbons (Fsp3) is 0.917. The summed E-state index contributed by atoms with van der Waals surface area (Å²) in [5.74, 6) is -1.70. The molecule has 2 rings (SSSR count). The highest BCUT2D eigenvalue weighted by atomic mass is 19.1. The lowest BCUT2D eigenvalue weighted by Crippen LogP contribution is -2.52. The van der Waals surface area contributed by atoms with Crippen LogP contribution in [0, 0.1) is 17.8 Å².